The summed E-state index contributed by atoms with van der Waals surface area (Å²) in [7, 11) is 1.59. The number of anilines is 1. The molecular weight excluding hydrogens is 322 g/mol. The maximum Gasteiger partial charge on any atom is 0.157 e. The van der Waals surface area contributed by atoms with E-state index in [9.17, 15) is 8.78 Å². The molecule has 0 bridgehead atoms. The highest BCUT2D eigenvalue weighted by Crippen LogP contribution is 2.33. The van der Waals surface area contributed by atoms with Gasteiger partial charge in [-0.15, -0.1) is 0 Å². The highest BCUT2D eigenvalue weighted by Gasteiger charge is 2.20. The van der Waals surface area contributed by atoms with Gasteiger partial charge in [0.2, 0.25) is 0 Å². The Morgan fingerprint density at radius 3 is 2.76 bits per heavy atom. The topological polar surface area (TPSA) is 44.0 Å². The van der Waals surface area contributed by atoms with Gasteiger partial charge in [-0.1, -0.05) is 12.7 Å². The van der Waals surface area contributed by atoms with Gasteiger partial charge in [-0.3, -0.25) is 0 Å². The number of nitrogens with one attached hydrogen (secondary N) is 2. The fourth-order valence-electron chi connectivity index (χ4n) is 2.74. The van der Waals surface area contributed by atoms with Gasteiger partial charge >= 0.3 is 0 Å². The summed E-state index contributed by atoms with van der Waals surface area (Å²) in [6.07, 6.45) is 10.1. The van der Waals surface area contributed by atoms with Crippen LogP contribution in [0.4, 0.5) is 14.5 Å². The average molecular weight is 340 g/mol. The van der Waals surface area contributed by atoms with Crippen molar-refractivity contribution in [2.75, 3.05) is 12.4 Å². The summed E-state index contributed by atoms with van der Waals surface area (Å²) >= 11 is 0. The van der Waals surface area contributed by atoms with Gasteiger partial charge in [0.05, 0.1) is 16.9 Å². The summed E-state index contributed by atoms with van der Waals surface area (Å²) in [5.74, 6) is -0.526. The van der Waals surface area contributed by atoms with Crippen LogP contribution in [0.3, 0.4) is 0 Å². The van der Waals surface area contributed by atoms with Crippen molar-refractivity contribution in [1.29, 1.82) is 0 Å². The van der Waals surface area contributed by atoms with E-state index in [1.54, 1.807) is 48.9 Å². The van der Waals surface area contributed by atoms with Gasteiger partial charge in [0.15, 0.2) is 5.82 Å². The molecule has 0 spiro atoms. The second-order valence-corrected chi connectivity index (χ2v) is 5.49. The fourth-order valence-corrected chi connectivity index (χ4v) is 2.74. The standard InChI is InChI=1S/C19H18F2N4/c1-4-25-11-13(17-14(20)6-7-15(22-3)18(17)21)5-8-16(25)12(2)19-23-9-10-24-19/h4-11,22H,1H2,2-3H3,(H,23,24)/b16-12+. The smallest absolute Gasteiger partial charge is 0.157 e. The van der Waals surface area contributed by atoms with Gasteiger partial charge in [-0.25, -0.2) is 13.8 Å². The first-order valence-corrected chi connectivity index (χ1v) is 7.74. The van der Waals surface area contributed by atoms with Gasteiger partial charge < -0.3 is 15.2 Å². The van der Waals surface area contributed by atoms with E-state index < -0.39 is 11.6 Å². The third-order valence-electron chi connectivity index (χ3n) is 4.06. The third-order valence-corrected chi connectivity index (χ3v) is 4.06. The molecule has 6 heteroatoms. The third kappa shape index (κ3) is 2.98. The number of nitrogens with zero attached hydrogens (tertiary/aromatic N) is 2. The number of H-pyrrole nitrogens is 1. The van der Waals surface area contributed by atoms with Gasteiger partial charge in [-0.2, -0.15) is 0 Å². The number of halogens is 2. The highest BCUT2D eigenvalue weighted by atomic mass is 19.1. The molecular formula is C19H18F2N4. The summed E-state index contributed by atoms with van der Waals surface area (Å²) in [5, 5.41) is 2.72. The van der Waals surface area contributed by atoms with E-state index in [0.717, 1.165) is 17.1 Å². The number of imidazole rings is 1. The zero-order valence-corrected chi connectivity index (χ0v) is 14.0. The Morgan fingerprint density at radius 2 is 2.12 bits per heavy atom. The molecule has 3 rings (SSSR count). The molecule has 128 valence electrons. The van der Waals surface area contributed by atoms with Gasteiger partial charge in [0.25, 0.3) is 0 Å². The summed E-state index contributed by atoms with van der Waals surface area (Å²) in [4.78, 5) is 8.99. The largest absolute Gasteiger partial charge is 0.386 e. The van der Waals surface area contributed by atoms with E-state index in [0.29, 0.717) is 5.57 Å². The van der Waals surface area contributed by atoms with Crippen LogP contribution in [0, 0.1) is 11.6 Å². The monoisotopic (exact) mass is 340 g/mol. The Hall–Kier alpha value is -3.15. The lowest BCUT2D eigenvalue weighted by Gasteiger charge is -2.24. The molecule has 1 aliphatic rings. The van der Waals surface area contributed by atoms with E-state index in [1.807, 2.05) is 6.92 Å². The SMILES string of the molecule is C=CN1C=C(c2c(F)ccc(NC)c2F)C=C/C1=C(/C)c1ncc[nH]1. The molecule has 2 heterocycles. The molecule has 1 aromatic carbocycles. The quantitative estimate of drug-likeness (QED) is 0.860. The van der Waals surface area contributed by atoms with Crippen molar-refractivity contribution in [2.24, 2.45) is 0 Å². The lowest BCUT2D eigenvalue weighted by Crippen LogP contribution is -2.14. The molecule has 1 aromatic heterocycles. The van der Waals surface area contributed by atoms with E-state index in [4.69, 9.17) is 0 Å². The number of benzene rings is 1. The minimum absolute atomic E-state index is 0.0790. The van der Waals surface area contributed by atoms with Crippen molar-refractivity contribution in [3.05, 3.63) is 84.4 Å². The predicted molar refractivity (Wildman–Crippen MR) is 96.2 cm³/mol. The minimum atomic E-state index is -0.627. The molecule has 0 radical (unpaired) electrons. The van der Waals surface area contributed by atoms with Crippen LogP contribution in [-0.4, -0.2) is 21.9 Å². The first-order chi connectivity index (χ1) is 12.1. The first-order valence-electron chi connectivity index (χ1n) is 7.74. The minimum Gasteiger partial charge on any atom is -0.386 e. The molecule has 25 heavy (non-hydrogen) atoms. The van der Waals surface area contributed by atoms with E-state index in [1.165, 1.54) is 12.1 Å². The van der Waals surface area contributed by atoms with Crippen LogP contribution in [0.25, 0.3) is 11.1 Å². The molecule has 0 amide bonds. The molecule has 0 unspecified atom stereocenters. The molecule has 1 aliphatic heterocycles. The van der Waals surface area contributed by atoms with E-state index in [2.05, 4.69) is 21.9 Å². The lowest BCUT2D eigenvalue weighted by atomic mass is 10.00. The normalized spacial score (nSPS) is 15.8. The maximum atomic E-state index is 14.6. The van der Waals surface area contributed by atoms with E-state index >= 15 is 0 Å². The number of aromatic amines is 1. The van der Waals surface area contributed by atoms with Crippen LogP contribution in [0.1, 0.15) is 18.3 Å². The van der Waals surface area contributed by atoms with Crippen molar-refractivity contribution in [2.45, 2.75) is 6.92 Å². The van der Waals surface area contributed by atoms with Crippen LogP contribution in [0.5, 0.6) is 0 Å². The number of rotatable bonds is 4. The van der Waals surface area contributed by atoms with Crippen molar-refractivity contribution < 1.29 is 8.78 Å². The van der Waals surface area contributed by atoms with Crippen LogP contribution in [0.2, 0.25) is 0 Å². The summed E-state index contributed by atoms with van der Waals surface area (Å²) in [6.45, 7) is 5.70. The average Bonchev–Trinajstić information content (AvgIpc) is 3.16. The van der Waals surface area contributed by atoms with Crippen LogP contribution < -0.4 is 5.32 Å². The zero-order valence-electron chi connectivity index (χ0n) is 14.0. The predicted octanol–water partition coefficient (Wildman–Crippen LogP) is 4.52. The van der Waals surface area contributed by atoms with Gasteiger partial charge in [0, 0.05) is 43.0 Å². The molecule has 0 saturated carbocycles. The Bertz CT molecular complexity index is 892. The molecule has 0 atom stereocenters. The van der Waals surface area contributed by atoms with Gasteiger partial charge in [0.1, 0.15) is 11.6 Å². The Labute approximate surface area is 144 Å². The van der Waals surface area contributed by atoms with E-state index in [-0.39, 0.29) is 11.3 Å². The number of aromatic nitrogens is 2. The Balaban J connectivity index is 2.07. The number of hydrogen-bond acceptors (Lipinski definition) is 3. The second kappa shape index (κ2) is 6.76. The van der Waals surface area contributed by atoms with Crippen molar-refractivity contribution in [3.63, 3.8) is 0 Å². The molecule has 0 saturated heterocycles. The molecule has 2 N–H and O–H groups in total. The number of allylic oxidation sites excluding steroid dienone is 4. The number of hydrogen-bond donors (Lipinski definition) is 2. The zero-order chi connectivity index (χ0) is 18.0. The van der Waals surface area contributed by atoms with Gasteiger partial charge in [-0.05, 0) is 25.1 Å². The van der Waals surface area contributed by atoms with Crippen LogP contribution >= 0.6 is 0 Å². The van der Waals surface area contributed by atoms with Crippen molar-refractivity contribution in [1.82, 2.24) is 14.9 Å². The Kier molecular flexibility index (Phi) is 4.52. The van der Waals surface area contributed by atoms with Crippen molar-refractivity contribution in [3.8, 4) is 0 Å². The molecule has 0 fully saturated rings. The summed E-state index contributed by atoms with van der Waals surface area (Å²) in [5.41, 5.74) is 2.29. The second-order valence-electron chi connectivity index (χ2n) is 5.49. The fraction of sp³-hybridized carbons (Fsp3) is 0.105. The van der Waals surface area contributed by atoms with Crippen molar-refractivity contribution >= 4 is 16.8 Å². The molecule has 0 aliphatic carbocycles. The van der Waals surface area contributed by atoms with Crippen LogP contribution in [-0.2, 0) is 0 Å². The highest BCUT2D eigenvalue weighted by molar-refractivity contribution is 5.80. The lowest BCUT2D eigenvalue weighted by molar-refractivity contribution is 0.577. The first kappa shape index (κ1) is 16.7. The summed E-state index contributed by atoms with van der Waals surface area (Å²) < 4.78 is 28.8. The maximum absolute atomic E-state index is 14.6. The van der Waals surface area contributed by atoms with Crippen LogP contribution in [0.15, 0.2) is 61.4 Å². The molecule has 2 aromatic rings. The Morgan fingerprint density at radius 1 is 1.32 bits per heavy atom. The summed E-state index contributed by atoms with van der Waals surface area (Å²) in [6, 6.07) is 2.62. The molecule has 4 nitrogen and oxygen atoms in total.